The first-order valence-corrected chi connectivity index (χ1v) is 8.87. The van der Waals surface area contributed by atoms with Gasteiger partial charge < -0.3 is 0 Å². The van der Waals surface area contributed by atoms with Crippen molar-refractivity contribution in [3.05, 3.63) is 30.3 Å². The SMILES string of the molecule is O=C1CC(CS(=O)(=O)F)CN1c1nsc(-c2ccccc2)n1. The Balaban J connectivity index is 1.78. The number of aromatic nitrogens is 2. The molecule has 1 amide bonds. The predicted molar refractivity (Wildman–Crippen MR) is 80.7 cm³/mol. The van der Waals surface area contributed by atoms with Gasteiger partial charge in [0, 0.05) is 24.4 Å². The number of benzene rings is 1. The second-order valence-electron chi connectivity index (χ2n) is 5.05. The molecule has 1 fully saturated rings. The summed E-state index contributed by atoms with van der Waals surface area (Å²) in [6, 6.07) is 9.40. The lowest BCUT2D eigenvalue weighted by Gasteiger charge is -2.11. The van der Waals surface area contributed by atoms with Gasteiger partial charge in [-0.05, 0) is 11.5 Å². The quantitative estimate of drug-likeness (QED) is 0.793. The van der Waals surface area contributed by atoms with Crippen molar-refractivity contribution in [2.45, 2.75) is 6.42 Å². The molecule has 0 saturated carbocycles. The van der Waals surface area contributed by atoms with Gasteiger partial charge in [-0.2, -0.15) is 17.8 Å². The van der Waals surface area contributed by atoms with Crippen molar-refractivity contribution < 1.29 is 17.1 Å². The van der Waals surface area contributed by atoms with Crippen molar-refractivity contribution in [3.8, 4) is 10.6 Å². The van der Waals surface area contributed by atoms with Crippen molar-refractivity contribution in [1.29, 1.82) is 0 Å². The fraction of sp³-hybridized carbons (Fsp3) is 0.308. The monoisotopic (exact) mass is 341 g/mol. The van der Waals surface area contributed by atoms with Crippen LogP contribution in [-0.4, -0.2) is 36.0 Å². The lowest BCUT2D eigenvalue weighted by atomic mass is 10.1. The zero-order chi connectivity index (χ0) is 15.7. The normalized spacial score (nSPS) is 18.9. The number of rotatable bonds is 4. The van der Waals surface area contributed by atoms with Crippen LogP contribution in [0.5, 0.6) is 0 Å². The van der Waals surface area contributed by atoms with Gasteiger partial charge in [-0.15, -0.1) is 3.89 Å². The molecule has 1 aliphatic rings. The molecule has 1 aromatic heterocycles. The summed E-state index contributed by atoms with van der Waals surface area (Å²) in [5.74, 6) is -1.25. The molecule has 0 N–H and O–H groups in total. The summed E-state index contributed by atoms with van der Waals surface area (Å²) in [5.41, 5.74) is 0.890. The van der Waals surface area contributed by atoms with Gasteiger partial charge >= 0.3 is 10.2 Å². The number of anilines is 1. The van der Waals surface area contributed by atoms with E-state index in [0.29, 0.717) is 5.01 Å². The van der Waals surface area contributed by atoms with Gasteiger partial charge in [-0.1, -0.05) is 30.3 Å². The summed E-state index contributed by atoms with van der Waals surface area (Å²) >= 11 is 1.16. The van der Waals surface area contributed by atoms with E-state index in [4.69, 9.17) is 0 Å². The molecular formula is C13H12FN3O3S2. The standard InChI is InChI=1S/C13H12FN3O3S2/c14-22(19,20)8-9-6-11(18)17(7-9)13-15-12(21-16-13)10-4-2-1-3-5-10/h1-5,9H,6-8H2. The highest BCUT2D eigenvalue weighted by molar-refractivity contribution is 7.86. The largest absolute Gasteiger partial charge is 0.302 e. The molecule has 1 saturated heterocycles. The van der Waals surface area contributed by atoms with E-state index < -0.39 is 21.9 Å². The third kappa shape index (κ3) is 3.30. The first-order chi connectivity index (χ1) is 10.4. The van der Waals surface area contributed by atoms with Crippen LogP contribution in [0.25, 0.3) is 10.6 Å². The lowest BCUT2D eigenvalue weighted by Crippen LogP contribution is -2.26. The predicted octanol–water partition coefficient (Wildman–Crippen LogP) is 1.86. The highest BCUT2D eigenvalue weighted by Crippen LogP contribution is 2.28. The van der Waals surface area contributed by atoms with Crippen LogP contribution < -0.4 is 4.90 Å². The van der Waals surface area contributed by atoms with E-state index >= 15 is 0 Å². The zero-order valence-corrected chi connectivity index (χ0v) is 13.0. The van der Waals surface area contributed by atoms with Crippen molar-refractivity contribution in [2.24, 2.45) is 5.92 Å². The van der Waals surface area contributed by atoms with Crippen LogP contribution in [0.1, 0.15) is 6.42 Å². The molecule has 1 unspecified atom stereocenters. The maximum absolute atomic E-state index is 12.7. The van der Waals surface area contributed by atoms with E-state index in [0.717, 1.165) is 17.1 Å². The van der Waals surface area contributed by atoms with Gasteiger partial charge in [0.25, 0.3) is 0 Å². The summed E-state index contributed by atoms with van der Waals surface area (Å²) in [6.45, 7) is 0.118. The smallest absolute Gasteiger partial charge is 0.280 e. The van der Waals surface area contributed by atoms with Crippen molar-refractivity contribution in [2.75, 3.05) is 17.2 Å². The number of carbonyl (C=O) groups is 1. The Bertz CT molecular complexity index is 792. The Kier molecular flexibility index (Phi) is 3.92. The lowest BCUT2D eigenvalue weighted by molar-refractivity contribution is -0.117. The molecule has 1 aliphatic heterocycles. The van der Waals surface area contributed by atoms with Gasteiger partial charge in [-0.25, -0.2) is 0 Å². The molecule has 0 bridgehead atoms. The fourth-order valence-electron chi connectivity index (χ4n) is 2.39. The molecular weight excluding hydrogens is 329 g/mol. The molecule has 0 spiro atoms. The molecule has 6 nitrogen and oxygen atoms in total. The first kappa shape index (κ1) is 15.0. The van der Waals surface area contributed by atoms with Crippen molar-refractivity contribution in [3.63, 3.8) is 0 Å². The zero-order valence-electron chi connectivity index (χ0n) is 11.3. The average Bonchev–Trinajstić information content (AvgIpc) is 3.05. The Morgan fingerprint density at radius 2 is 2.05 bits per heavy atom. The maximum Gasteiger partial charge on any atom is 0.302 e. The third-order valence-electron chi connectivity index (χ3n) is 3.32. The van der Waals surface area contributed by atoms with Crippen LogP contribution in [0.3, 0.4) is 0 Å². The van der Waals surface area contributed by atoms with Crippen LogP contribution in [0, 0.1) is 5.92 Å². The topological polar surface area (TPSA) is 80.2 Å². The van der Waals surface area contributed by atoms with E-state index in [1.807, 2.05) is 30.3 Å². The van der Waals surface area contributed by atoms with Crippen LogP contribution in [-0.2, 0) is 15.0 Å². The van der Waals surface area contributed by atoms with Gasteiger partial charge in [-0.3, -0.25) is 9.69 Å². The number of hydrogen-bond acceptors (Lipinski definition) is 6. The Morgan fingerprint density at radius 1 is 1.32 bits per heavy atom. The number of carbonyl (C=O) groups excluding carboxylic acids is 1. The molecule has 1 aromatic carbocycles. The summed E-state index contributed by atoms with van der Waals surface area (Å²) in [4.78, 5) is 17.6. The Labute approximate surface area is 131 Å². The summed E-state index contributed by atoms with van der Waals surface area (Å²) in [5, 5.41) is 0.671. The van der Waals surface area contributed by atoms with Gasteiger partial charge in [0.15, 0.2) is 0 Å². The summed E-state index contributed by atoms with van der Waals surface area (Å²) in [7, 11) is -4.59. The minimum absolute atomic E-state index is 0.0109. The average molecular weight is 341 g/mol. The second kappa shape index (κ2) is 5.73. The molecule has 3 rings (SSSR count). The molecule has 0 radical (unpaired) electrons. The maximum atomic E-state index is 12.7. The van der Waals surface area contributed by atoms with Crippen LogP contribution in [0.4, 0.5) is 9.83 Å². The van der Waals surface area contributed by atoms with Gasteiger partial charge in [0.1, 0.15) is 5.01 Å². The minimum Gasteiger partial charge on any atom is -0.280 e. The third-order valence-corrected chi connectivity index (χ3v) is 4.94. The minimum atomic E-state index is -4.59. The molecule has 9 heteroatoms. The van der Waals surface area contributed by atoms with E-state index in [1.165, 1.54) is 4.90 Å². The number of amides is 1. The van der Waals surface area contributed by atoms with Crippen LogP contribution in [0.2, 0.25) is 0 Å². The Hall–Kier alpha value is -1.87. The molecule has 22 heavy (non-hydrogen) atoms. The molecule has 1 atom stereocenters. The van der Waals surface area contributed by atoms with Crippen molar-refractivity contribution >= 4 is 33.6 Å². The number of nitrogens with zero attached hydrogens (tertiary/aromatic N) is 3. The van der Waals surface area contributed by atoms with E-state index in [2.05, 4.69) is 9.36 Å². The van der Waals surface area contributed by atoms with Gasteiger partial charge in [0.05, 0.1) is 5.75 Å². The Morgan fingerprint density at radius 3 is 2.73 bits per heavy atom. The van der Waals surface area contributed by atoms with Gasteiger partial charge in [0.2, 0.25) is 11.9 Å². The number of hydrogen-bond donors (Lipinski definition) is 0. The molecule has 0 aliphatic carbocycles. The number of halogens is 1. The summed E-state index contributed by atoms with van der Waals surface area (Å²) in [6.07, 6.45) is -0.0109. The van der Waals surface area contributed by atoms with Crippen LogP contribution >= 0.6 is 11.5 Å². The first-order valence-electron chi connectivity index (χ1n) is 6.54. The molecule has 2 heterocycles. The van der Waals surface area contributed by atoms with E-state index in [1.54, 1.807) is 0 Å². The molecule has 2 aromatic rings. The van der Waals surface area contributed by atoms with Crippen LogP contribution in [0.15, 0.2) is 30.3 Å². The second-order valence-corrected chi connectivity index (χ2v) is 7.21. The highest BCUT2D eigenvalue weighted by atomic mass is 32.3. The van der Waals surface area contributed by atoms with Crippen molar-refractivity contribution in [1.82, 2.24) is 9.36 Å². The van der Waals surface area contributed by atoms with E-state index in [-0.39, 0.29) is 24.8 Å². The summed E-state index contributed by atoms with van der Waals surface area (Å²) < 4.78 is 38.3. The molecule has 116 valence electrons. The highest BCUT2D eigenvalue weighted by Gasteiger charge is 2.35. The fourth-order valence-corrected chi connectivity index (χ4v) is 3.85. The van der Waals surface area contributed by atoms with E-state index in [9.17, 15) is 17.1 Å².